The van der Waals surface area contributed by atoms with Gasteiger partial charge >= 0.3 is 6.03 Å². The molecule has 23 heavy (non-hydrogen) atoms. The lowest BCUT2D eigenvalue weighted by Gasteiger charge is -2.28. The fourth-order valence-corrected chi connectivity index (χ4v) is 3.04. The van der Waals surface area contributed by atoms with Crippen LogP contribution in [0.2, 0.25) is 0 Å². The van der Waals surface area contributed by atoms with E-state index in [0.717, 1.165) is 11.1 Å². The van der Waals surface area contributed by atoms with Gasteiger partial charge in [0, 0.05) is 6.54 Å². The first kappa shape index (κ1) is 15.3. The minimum absolute atomic E-state index is 0.214. The lowest BCUT2D eigenvalue weighted by Crippen LogP contribution is -2.45. The van der Waals surface area contributed by atoms with Crippen LogP contribution in [-0.2, 0) is 10.3 Å². The van der Waals surface area contributed by atoms with Crippen LogP contribution in [0.4, 0.5) is 4.79 Å². The number of benzene rings is 2. The van der Waals surface area contributed by atoms with Crippen molar-refractivity contribution in [3.8, 4) is 0 Å². The molecule has 0 saturated carbocycles. The molecule has 2 aromatic carbocycles. The minimum atomic E-state index is -1.14. The smallest absolute Gasteiger partial charge is 0.315 e. The predicted molar refractivity (Wildman–Crippen MR) is 88.7 cm³/mol. The van der Waals surface area contributed by atoms with Gasteiger partial charge < -0.3 is 5.32 Å². The molecule has 118 valence electrons. The lowest BCUT2D eigenvalue weighted by molar-refractivity contribution is -0.130. The van der Waals surface area contributed by atoms with Gasteiger partial charge in [0.15, 0.2) is 5.54 Å². The van der Waals surface area contributed by atoms with Gasteiger partial charge in [-0.25, -0.2) is 4.79 Å². The van der Waals surface area contributed by atoms with E-state index in [-0.39, 0.29) is 17.9 Å². The van der Waals surface area contributed by atoms with E-state index in [1.54, 1.807) is 0 Å². The Bertz CT molecular complexity index is 671. The molecule has 0 radical (unpaired) electrons. The Hall–Kier alpha value is -2.62. The number of nitrogens with one attached hydrogen (secondary N) is 1. The van der Waals surface area contributed by atoms with Gasteiger partial charge in [0.25, 0.3) is 5.91 Å². The van der Waals surface area contributed by atoms with E-state index in [2.05, 4.69) is 5.32 Å². The van der Waals surface area contributed by atoms with Crippen LogP contribution < -0.4 is 5.32 Å². The maximum Gasteiger partial charge on any atom is 0.325 e. The molecule has 1 heterocycles. The molecule has 0 bridgehead atoms. The summed E-state index contributed by atoms with van der Waals surface area (Å²) in [7, 11) is 0. The first-order valence-electron chi connectivity index (χ1n) is 7.81. The summed E-state index contributed by atoms with van der Waals surface area (Å²) in [6.07, 6.45) is 0. The third kappa shape index (κ3) is 2.50. The molecule has 2 aromatic rings. The Morgan fingerprint density at radius 1 is 0.913 bits per heavy atom. The summed E-state index contributed by atoms with van der Waals surface area (Å²) in [4.78, 5) is 27.0. The number of rotatable bonds is 4. The van der Waals surface area contributed by atoms with E-state index in [0.29, 0.717) is 6.54 Å². The van der Waals surface area contributed by atoms with Crippen molar-refractivity contribution in [3.63, 3.8) is 0 Å². The highest BCUT2D eigenvalue weighted by atomic mass is 16.2. The lowest BCUT2D eigenvalue weighted by atomic mass is 9.82. The summed E-state index contributed by atoms with van der Waals surface area (Å²) in [5.41, 5.74) is 0.403. The maximum absolute atomic E-state index is 13.2. The first-order valence-corrected chi connectivity index (χ1v) is 7.81. The van der Waals surface area contributed by atoms with Crippen LogP contribution in [0.5, 0.6) is 0 Å². The number of hydrogen-bond donors (Lipinski definition) is 1. The van der Waals surface area contributed by atoms with Gasteiger partial charge in [-0.15, -0.1) is 0 Å². The fourth-order valence-electron chi connectivity index (χ4n) is 3.04. The molecular weight excluding hydrogens is 288 g/mol. The molecule has 1 N–H and O–H groups in total. The van der Waals surface area contributed by atoms with Gasteiger partial charge in [0.1, 0.15) is 0 Å². The van der Waals surface area contributed by atoms with Crippen molar-refractivity contribution >= 4 is 11.9 Å². The molecule has 0 atom stereocenters. The number of hydrogen-bond acceptors (Lipinski definition) is 2. The Morgan fingerprint density at radius 3 is 1.83 bits per heavy atom. The van der Waals surface area contributed by atoms with Crippen LogP contribution in [0, 0.1) is 5.92 Å². The minimum Gasteiger partial charge on any atom is -0.315 e. The molecule has 1 saturated heterocycles. The van der Waals surface area contributed by atoms with E-state index in [1.165, 1.54) is 4.90 Å². The summed E-state index contributed by atoms with van der Waals surface area (Å²) in [6.45, 7) is 4.39. The van der Waals surface area contributed by atoms with E-state index in [9.17, 15) is 9.59 Å². The second-order valence-electron chi connectivity index (χ2n) is 6.22. The highest BCUT2D eigenvalue weighted by molar-refractivity contribution is 6.09. The zero-order valence-corrected chi connectivity index (χ0v) is 13.3. The van der Waals surface area contributed by atoms with E-state index >= 15 is 0 Å². The van der Waals surface area contributed by atoms with E-state index in [4.69, 9.17) is 0 Å². The van der Waals surface area contributed by atoms with Crippen LogP contribution in [0.3, 0.4) is 0 Å². The van der Waals surface area contributed by atoms with Gasteiger partial charge in [-0.1, -0.05) is 74.5 Å². The number of urea groups is 1. The first-order chi connectivity index (χ1) is 11.1. The largest absolute Gasteiger partial charge is 0.325 e. The average molecular weight is 308 g/mol. The molecule has 0 aliphatic carbocycles. The summed E-state index contributed by atoms with van der Waals surface area (Å²) < 4.78 is 0. The maximum atomic E-state index is 13.2. The highest BCUT2D eigenvalue weighted by Gasteiger charge is 2.53. The van der Waals surface area contributed by atoms with Crippen molar-refractivity contribution in [3.05, 3.63) is 71.8 Å². The monoisotopic (exact) mass is 308 g/mol. The zero-order chi connectivity index (χ0) is 16.4. The summed E-state index contributed by atoms with van der Waals surface area (Å²) in [6, 6.07) is 18.5. The third-order valence-electron chi connectivity index (χ3n) is 4.07. The SMILES string of the molecule is CC(C)CN1C(=O)NC(c2ccccc2)(c2ccccc2)C1=O. The van der Waals surface area contributed by atoms with Crippen molar-refractivity contribution in [2.24, 2.45) is 5.92 Å². The third-order valence-corrected chi connectivity index (χ3v) is 4.07. The van der Waals surface area contributed by atoms with Crippen molar-refractivity contribution in [1.29, 1.82) is 0 Å². The molecule has 3 amide bonds. The van der Waals surface area contributed by atoms with Crippen LogP contribution in [-0.4, -0.2) is 23.4 Å². The Labute approximate surface area is 136 Å². The topological polar surface area (TPSA) is 49.4 Å². The number of carbonyl (C=O) groups excluding carboxylic acids is 2. The van der Waals surface area contributed by atoms with Gasteiger partial charge in [-0.3, -0.25) is 9.69 Å². The van der Waals surface area contributed by atoms with Gasteiger partial charge in [-0.2, -0.15) is 0 Å². The molecular formula is C19H20N2O2. The Balaban J connectivity index is 2.15. The molecule has 1 aliphatic rings. The predicted octanol–water partition coefficient (Wildman–Crippen LogP) is 3.14. The zero-order valence-electron chi connectivity index (χ0n) is 13.3. The quantitative estimate of drug-likeness (QED) is 0.882. The number of amides is 3. The van der Waals surface area contributed by atoms with E-state index < -0.39 is 5.54 Å². The molecule has 3 rings (SSSR count). The molecule has 1 aliphatic heterocycles. The summed E-state index contributed by atoms with van der Waals surface area (Å²) in [5.74, 6) is 0.000599. The summed E-state index contributed by atoms with van der Waals surface area (Å²) >= 11 is 0. The number of imide groups is 1. The summed E-state index contributed by atoms with van der Waals surface area (Å²) in [5, 5.41) is 2.94. The Kier molecular flexibility index (Phi) is 3.90. The van der Waals surface area contributed by atoms with E-state index in [1.807, 2.05) is 74.5 Å². The van der Waals surface area contributed by atoms with Gasteiger partial charge in [0.2, 0.25) is 0 Å². The van der Waals surface area contributed by atoms with Crippen molar-refractivity contribution in [2.45, 2.75) is 19.4 Å². The van der Waals surface area contributed by atoms with Crippen LogP contribution >= 0.6 is 0 Å². The molecule has 0 spiro atoms. The normalized spacial score (nSPS) is 16.7. The average Bonchev–Trinajstić information content (AvgIpc) is 2.82. The fraction of sp³-hybridized carbons (Fsp3) is 0.263. The van der Waals surface area contributed by atoms with Crippen molar-refractivity contribution < 1.29 is 9.59 Å². The Morgan fingerprint density at radius 2 is 1.39 bits per heavy atom. The number of nitrogens with zero attached hydrogens (tertiary/aromatic N) is 1. The van der Waals surface area contributed by atoms with Crippen LogP contribution in [0.1, 0.15) is 25.0 Å². The standard InChI is InChI=1S/C19H20N2O2/c1-14(2)13-21-17(22)19(20-18(21)23,15-9-5-3-6-10-15)16-11-7-4-8-12-16/h3-12,14H,13H2,1-2H3,(H,20,23). The van der Waals surface area contributed by atoms with Gasteiger partial charge in [-0.05, 0) is 17.0 Å². The van der Waals surface area contributed by atoms with Crippen LogP contribution in [0.15, 0.2) is 60.7 Å². The molecule has 0 aromatic heterocycles. The van der Waals surface area contributed by atoms with Crippen molar-refractivity contribution in [2.75, 3.05) is 6.54 Å². The van der Waals surface area contributed by atoms with Crippen molar-refractivity contribution in [1.82, 2.24) is 10.2 Å². The molecule has 0 unspecified atom stereocenters. The molecule has 4 nitrogen and oxygen atoms in total. The molecule has 1 fully saturated rings. The number of carbonyl (C=O) groups is 2. The highest BCUT2D eigenvalue weighted by Crippen LogP contribution is 2.36. The van der Waals surface area contributed by atoms with Gasteiger partial charge in [0.05, 0.1) is 0 Å². The molecule has 4 heteroatoms. The second-order valence-corrected chi connectivity index (χ2v) is 6.22. The second kappa shape index (κ2) is 5.88. The van der Waals surface area contributed by atoms with Crippen LogP contribution in [0.25, 0.3) is 0 Å².